The summed E-state index contributed by atoms with van der Waals surface area (Å²) in [6.45, 7) is 12.2. The lowest BCUT2D eigenvalue weighted by Gasteiger charge is -2.20. The van der Waals surface area contributed by atoms with Crippen LogP contribution in [0, 0.1) is 19.8 Å². The third kappa shape index (κ3) is 5.58. The van der Waals surface area contributed by atoms with E-state index in [0.717, 1.165) is 12.5 Å². The van der Waals surface area contributed by atoms with Gasteiger partial charge in [0, 0.05) is 11.8 Å². The minimum Gasteiger partial charge on any atom is -0.310 e. The molecule has 1 nitrogen and oxygen atoms in total. The molecule has 1 aromatic carbocycles. The molecule has 2 heteroatoms. The van der Waals surface area contributed by atoms with Crippen LogP contribution >= 0.6 is 11.8 Å². The largest absolute Gasteiger partial charge is 0.310 e. The first-order chi connectivity index (χ1) is 9.08. The first-order valence-electron chi connectivity index (χ1n) is 7.46. The summed E-state index contributed by atoms with van der Waals surface area (Å²) in [5.41, 5.74) is 4.21. The molecule has 0 bridgehead atoms. The summed E-state index contributed by atoms with van der Waals surface area (Å²) < 4.78 is 0. The van der Waals surface area contributed by atoms with Gasteiger partial charge < -0.3 is 5.32 Å². The molecule has 0 aliphatic carbocycles. The first kappa shape index (κ1) is 16.6. The summed E-state index contributed by atoms with van der Waals surface area (Å²) in [5.74, 6) is 3.26. The van der Waals surface area contributed by atoms with E-state index < -0.39 is 0 Å². The Morgan fingerprint density at radius 1 is 1.11 bits per heavy atom. The van der Waals surface area contributed by atoms with Gasteiger partial charge in [-0.2, -0.15) is 11.8 Å². The standard InChI is InChI=1S/C17H29NS/c1-6-13(3)11-19-12-17(18-7-2)16-9-8-14(4)15(5)10-16/h8-10,13,17-18H,6-7,11-12H2,1-5H3. The summed E-state index contributed by atoms with van der Waals surface area (Å²) in [6.07, 6.45) is 1.28. The molecule has 0 aliphatic heterocycles. The Kier molecular flexibility index (Phi) is 7.55. The molecule has 0 aliphatic rings. The number of aryl methyl sites for hydroxylation is 2. The Balaban J connectivity index is 2.63. The Bertz CT molecular complexity index is 376. The molecule has 19 heavy (non-hydrogen) atoms. The van der Waals surface area contributed by atoms with Crippen molar-refractivity contribution < 1.29 is 0 Å². The lowest BCUT2D eigenvalue weighted by atomic mass is 10.0. The van der Waals surface area contributed by atoms with Gasteiger partial charge in [-0.05, 0) is 48.8 Å². The van der Waals surface area contributed by atoms with Crippen LogP contribution in [0.3, 0.4) is 0 Å². The van der Waals surface area contributed by atoms with Crippen molar-refractivity contribution in [3.05, 3.63) is 34.9 Å². The van der Waals surface area contributed by atoms with Gasteiger partial charge in [-0.3, -0.25) is 0 Å². The van der Waals surface area contributed by atoms with Gasteiger partial charge >= 0.3 is 0 Å². The molecule has 0 spiro atoms. The molecule has 0 saturated carbocycles. The van der Waals surface area contributed by atoms with E-state index >= 15 is 0 Å². The van der Waals surface area contributed by atoms with Crippen LogP contribution in [-0.2, 0) is 0 Å². The number of thioether (sulfide) groups is 1. The molecule has 2 atom stereocenters. The molecule has 0 saturated heterocycles. The predicted octanol–water partition coefficient (Wildman–Crippen LogP) is 4.73. The Labute approximate surface area is 123 Å². The molecule has 0 heterocycles. The van der Waals surface area contributed by atoms with Crippen LogP contribution in [0.1, 0.15) is 49.9 Å². The van der Waals surface area contributed by atoms with E-state index in [2.05, 4.69) is 69.9 Å². The highest BCUT2D eigenvalue weighted by molar-refractivity contribution is 7.99. The van der Waals surface area contributed by atoms with Crippen LogP contribution in [0.2, 0.25) is 0 Å². The third-order valence-corrected chi connectivity index (χ3v) is 5.14. The molecule has 0 aromatic heterocycles. The highest BCUT2D eigenvalue weighted by atomic mass is 32.2. The van der Waals surface area contributed by atoms with Gasteiger partial charge in [-0.1, -0.05) is 45.4 Å². The van der Waals surface area contributed by atoms with Crippen molar-refractivity contribution in [2.24, 2.45) is 5.92 Å². The molecule has 2 unspecified atom stereocenters. The van der Waals surface area contributed by atoms with Gasteiger partial charge in [0.05, 0.1) is 0 Å². The average Bonchev–Trinajstić information content (AvgIpc) is 2.40. The third-order valence-electron chi connectivity index (χ3n) is 3.77. The van der Waals surface area contributed by atoms with Crippen molar-refractivity contribution in [2.75, 3.05) is 18.1 Å². The molecule has 1 N–H and O–H groups in total. The quantitative estimate of drug-likeness (QED) is 0.738. The average molecular weight is 279 g/mol. The second-order valence-electron chi connectivity index (χ2n) is 5.50. The second-order valence-corrected chi connectivity index (χ2v) is 6.58. The summed E-state index contributed by atoms with van der Waals surface area (Å²) in [6, 6.07) is 7.35. The lowest BCUT2D eigenvalue weighted by Crippen LogP contribution is -2.23. The molecule has 1 rings (SSSR count). The van der Waals surface area contributed by atoms with Crippen molar-refractivity contribution >= 4 is 11.8 Å². The maximum atomic E-state index is 3.62. The van der Waals surface area contributed by atoms with Crippen LogP contribution in [0.15, 0.2) is 18.2 Å². The molecule has 108 valence electrons. The maximum absolute atomic E-state index is 3.62. The van der Waals surface area contributed by atoms with Crippen molar-refractivity contribution in [2.45, 2.75) is 47.1 Å². The topological polar surface area (TPSA) is 12.0 Å². The number of nitrogens with one attached hydrogen (secondary N) is 1. The van der Waals surface area contributed by atoms with Gasteiger partial charge in [0.25, 0.3) is 0 Å². The van der Waals surface area contributed by atoms with Crippen LogP contribution < -0.4 is 5.32 Å². The molecule has 0 fully saturated rings. The van der Waals surface area contributed by atoms with Crippen LogP contribution in [0.5, 0.6) is 0 Å². The van der Waals surface area contributed by atoms with Crippen molar-refractivity contribution in [3.63, 3.8) is 0 Å². The van der Waals surface area contributed by atoms with Gasteiger partial charge in [0.2, 0.25) is 0 Å². The molecular formula is C17H29NS. The van der Waals surface area contributed by atoms with E-state index in [0.29, 0.717) is 6.04 Å². The van der Waals surface area contributed by atoms with E-state index in [-0.39, 0.29) is 0 Å². The van der Waals surface area contributed by atoms with Crippen LogP contribution in [0.25, 0.3) is 0 Å². The Morgan fingerprint density at radius 2 is 1.84 bits per heavy atom. The van der Waals surface area contributed by atoms with E-state index in [1.165, 1.54) is 34.6 Å². The fourth-order valence-corrected chi connectivity index (χ4v) is 3.33. The molecule has 0 amide bonds. The van der Waals surface area contributed by atoms with Gasteiger partial charge in [-0.15, -0.1) is 0 Å². The van der Waals surface area contributed by atoms with Crippen molar-refractivity contribution in [1.82, 2.24) is 5.32 Å². The monoisotopic (exact) mass is 279 g/mol. The first-order valence-corrected chi connectivity index (χ1v) is 8.62. The second kappa shape index (κ2) is 8.65. The van der Waals surface area contributed by atoms with E-state index in [1.807, 2.05) is 0 Å². The molecule has 0 radical (unpaired) electrons. The minimum absolute atomic E-state index is 0.485. The zero-order chi connectivity index (χ0) is 14.3. The summed E-state index contributed by atoms with van der Waals surface area (Å²) >= 11 is 2.08. The number of hydrogen-bond acceptors (Lipinski definition) is 2. The summed E-state index contributed by atoms with van der Waals surface area (Å²) in [5, 5.41) is 3.62. The normalized spacial score (nSPS) is 14.4. The fraction of sp³-hybridized carbons (Fsp3) is 0.647. The molecular weight excluding hydrogens is 250 g/mol. The zero-order valence-electron chi connectivity index (χ0n) is 13.1. The van der Waals surface area contributed by atoms with Gasteiger partial charge in [-0.25, -0.2) is 0 Å². The van der Waals surface area contributed by atoms with E-state index in [1.54, 1.807) is 0 Å². The fourth-order valence-electron chi connectivity index (χ4n) is 2.01. The zero-order valence-corrected chi connectivity index (χ0v) is 13.9. The van der Waals surface area contributed by atoms with E-state index in [9.17, 15) is 0 Å². The van der Waals surface area contributed by atoms with Crippen molar-refractivity contribution in [1.29, 1.82) is 0 Å². The highest BCUT2D eigenvalue weighted by Gasteiger charge is 2.11. The number of benzene rings is 1. The number of hydrogen-bond donors (Lipinski definition) is 1. The Morgan fingerprint density at radius 3 is 2.42 bits per heavy atom. The van der Waals surface area contributed by atoms with Crippen LogP contribution in [0.4, 0.5) is 0 Å². The highest BCUT2D eigenvalue weighted by Crippen LogP contribution is 2.22. The van der Waals surface area contributed by atoms with Crippen molar-refractivity contribution in [3.8, 4) is 0 Å². The van der Waals surface area contributed by atoms with E-state index in [4.69, 9.17) is 0 Å². The SMILES string of the molecule is CCNC(CSCC(C)CC)c1ccc(C)c(C)c1. The maximum Gasteiger partial charge on any atom is 0.0411 e. The minimum atomic E-state index is 0.485. The summed E-state index contributed by atoms with van der Waals surface area (Å²) in [7, 11) is 0. The van der Waals surface area contributed by atoms with Crippen LogP contribution in [-0.4, -0.2) is 18.1 Å². The Hall–Kier alpha value is -0.470. The number of rotatable bonds is 8. The molecule has 1 aromatic rings. The lowest BCUT2D eigenvalue weighted by molar-refractivity contribution is 0.601. The van der Waals surface area contributed by atoms with Gasteiger partial charge in [0.15, 0.2) is 0 Å². The smallest absolute Gasteiger partial charge is 0.0411 e. The predicted molar refractivity (Wildman–Crippen MR) is 89.1 cm³/mol. The summed E-state index contributed by atoms with van der Waals surface area (Å²) in [4.78, 5) is 0. The van der Waals surface area contributed by atoms with Gasteiger partial charge in [0.1, 0.15) is 0 Å².